The van der Waals surface area contributed by atoms with E-state index in [0.717, 1.165) is 24.2 Å². The first-order valence-corrected chi connectivity index (χ1v) is 8.77. The molecule has 0 unspecified atom stereocenters. The van der Waals surface area contributed by atoms with Crippen LogP contribution in [0.25, 0.3) is 0 Å². The van der Waals surface area contributed by atoms with Gasteiger partial charge >= 0.3 is 0 Å². The lowest BCUT2D eigenvalue weighted by Crippen LogP contribution is -2.33. The zero-order valence-corrected chi connectivity index (χ0v) is 13.6. The quantitative estimate of drug-likeness (QED) is 0.787. The number of hydrogen-bond donors (Lipinski definition) is 2. The summed E-state index contributed by atoms with van der Waals surface area (Å²) in [6.45, 7) is 0.598. The Morgan fingerprint density at radius 3 is 2.59 bits per heavy atom. The van der Waals surface area contributed by atoms with Gasteiger partial charge in [0, 0.05) is 18.9 Å². The number of nitrogens with zero attached hydrogens (tertiary/aromatic N) is 1. The summed E-state index contributed by atoms with van der Waals surface area (Å²) in [5.74, 6) is 1.27. The number of rotatable bonds is 8. The van der Waals surface area contributed by atoms with Crippen LogP contribution < -0.4 is 5.32 Å². The minimum absolute atomic E-state index is 0.0593. The maximum absolute atomic E-state index is 12.4. The molecule has 0 fully saturated rings. The molecule has 0 bridgehead atoms. The van der Waals surface area contributed by atoms with Crippen molar-refractivity contribution >= 4 is 17.7 Å². The van der Waals surface area contributed by atoms with Crippen LogP contribution in [0.2, 0.25) is 0 Å². The van der Waals surface area contributed by atoms with Gasteiger partial charge in [-0.05, 0) is 54.7 Å². The average molecular weight is 318 g/mol. The lowest BCUT2D eigenvalue weighted by Gasteiger charge is -2.18. The second-order valence-electron chi connectivity index (χ2n) is 5.14. The van der Waals surface area contributed by atoms with Crippen molar-refractivity contribution in [1.82, 2.24) is 9.88 Å². The van der Waals surface area contributed by atoms with Crippen molar-refractivity contribution in [3.8, 4) is 5.75 Å². The van der Waals surface area contributed by atoms with E-state index in [-0.39, 0.29) is 17.7 Å². The summed E-state index contributed by atoms with van der Waals surface area (Å²) in [6, 6.07) is 10.8. The van der Waals surface area contributed by atoms with Crippen molar-refractivity contribution in [1.29, 1.82) is 0 Å². The van der Waals surface area contributed by atoms with Crippen LogP contribution in [0.1, 0.15) is 18.0 Å². The molecule has 1 aromatic heterocycles. The SMILES string of the molecule is CSCC[C@@H](C(=O)NCCc1ccc(O)cc1)n1cccc1. The highest BCUT2D eigenvalue weighted by molar-refractivity contribution is 7.98. The van der Waals surface area contributed by atoms with Gasteiger partial charge in [-0.1, -0.05) is 12.1 Å². The zero-order chi connectivity index (χ0) is 15.8. The minimum Gasteiger partial charge on any atom is -0.508 e. The Morgan fingerprint density at radius 2 is 1.95 bits per heavy atom. The van der Waals surface area contributed by atoms with Crippen molar-refractivity contribution < 1.29 is 9.90 Å². The second kappa shape index (κ2) is 8.54. The van der Waals surface area contributed by atoms with E-state index < -0.39 is 0 Å². The summed E-state index contributed by atoms with van der Waals surface area (Å²) in [7, 11) is 0. The molecule has 1 amide bonds. The highest BCUT2D eigenvalue weighted by atomic mass is 32.2. The van der Waals surface area contributed by atoms with E-state index in [0.29, 0.717) is 6.54 Å². The van der Waals surface area contributed by atoms with Gasteiger partial charge < -0.3 is 15.0 Å². The number of aromatic nitrogens is 1. The maximum atomic E-state index is 12.4. The van der Waals surface area contributed by atoms with Gasteiger partial charge in [0.05, 0.1) is 0 Å². The Bertz CT molecular complexity index is 567. The monoisotopic (exact) mass is 318 g/mol. The van der Waals surface area contributed by atoms with E-state index in [4.69, 9.17) is 0 Å². The Labute approximate surface area is 135 Å². The van der Waals surface area contributed by atoms with Crippen molar-refractivity contribution in [2.45, 2.75) is 18.9 Å². The predicted molar refractivity (Wildman–Crippen MR) is 91.3 cm³/mol. The van der Waals surface area contributed by atoms with Gasteiger partial charge in [-0.25, -0.2) is 0 Å². The first-order chi connectivity index (χ1) is 10.7. The third kappa shape index (κ3) is 4.84. The number of phenolic OH excluding ortho intramolecular Hbond substituents is 1. The van der Waals surface area contributed by atoms with Gasteiger partial charge in [0.25, 0.3) is 0 Å². The third-order valence-electron chi connectivity index (χ3n) is 3.53. The van der Waals surface area contributed by atoms with Crippen LogP contribution >= 0.6 is 11.8 Å². The molecule has 2 rings (SSSR count). The summed E-state index contributed by atoms with van der Waals surface area (Å²) < 4.78 is 1.96. The first kappa shape index (κ1) is 16.5. The average Bonchev–Trinajstić information content (AvgIpc) is 3.04. The molecule has 0 radical (unpaired) electrons. The van der Waals surface area contributed by atoms with Gasteiger partial charge in [0.1, 0.15) is 11.8 Å². The molecule has 2 aromatic rings. The molecule has 0 aliphatic rings. The van der Waals surface area contributed by atoms with Crippen LogP contribution in [-0.2, 0) is 11.2 Å². The number of amides is 1. The van der Waals surface area contributed by atoms with Crippen LogP contribution in [0, 0.1) is 0 Å². The molecule has 1 atom stereocenters. The molecule has 0 aliphatic carbocycles. The fourth-order valence-electron chi connectivity index (χ4n) is 2.31. The summed E-state index contributed by atoms with van der Waals surface area (Å²) >= 11 is 1.75. The number of phenols is 1. The maximum Gasteiger partial charge on any atom is 0.243 e. The van der Waals surface area contributed by atoms with Crippen molar-refractivity contribution in [3.05, 3.63) is 54.4 Å². The lowest BCUT2D eigenvalue weighted by molar-refractivity contribution is -0.124. The number of aromatic hydroxyl groups is 1. The molecule has 5 heteroatoms. The second-order valence-corrected chi connectivity index (χ2v) is 6.12. The lowest BCUT2D eigenvalue weighted by atomic mass is 10.1. The molecule has 1 aromatic carbocycles. The van der Waals surface area contributed by atoms with E-state index >= 15 is 0 Å². The molecule has 1 heterocycles. The summed E-state index contributed by atoms with van der Waals surface area (Å²) in [4.78, 5) is 12.4. The third-order valence-corrected chi connectivity index (χ3v) is 4.18. The molecule has 118 valence electrons. The fraction of sp³-hybridized carbons (Fsp3) is 0.353. The molecule has 0 saturated heterocycles. The van der Waals surface area contributed by atoms with E-state index in [1.807, 2.05) is 41.2 Å². The molecule has 2 N–H and O–H groups in total. The van der Waals surface area contributed by atoms with E-state index in [1.54, 1.807) is 23.9 Å². The topological polar surface area (TPSA) is 54.3 Å². The highest BCUT2D eigenvalue weighted by Gasteiger charge is 2.18. The standard InChI is InChI=1S/C17H22N2O2S/c1-22-13-9-16(19-11-2-3-12-19)17(21)18-10-8-14-4-6-15(20)7-5-14/h2-7,11-12,16,20H,8-10,13H2,1H3,(H,18,21)/t16-/m0/s1. The molecular formula is C17H22N2O2S. The van der Waals surface area contributed by atoms with Gasteiger partial charge in [-0.3, -0.25) is 4.79 Å². The smallest absolute Gasteiger partial charge is 0.243 e. The number of hydrogen-bond acceptors (Lipinski definition) is 3. The van der Waals surface area contributed by atoms with Crippen LogP contribution in [0.4, 0.5) is 0 Å². The molecule has 0 saturated carbocycles. The van der Waals surface area contributed by atoms with Crippen LogP contribution in [0.5, 0.6) is 5.75 Å². The van der Waals surface area contributed by atoms with E-state index in [2.05, 4.69) is 11.6 Å². The Balaban J connectivity index is 1.86. The molecular weight excluding hydrogens is 296 g/mol. The number of benzene rings is 1. The summed E-state index contributed by atoms with van der Waals surface area (Å²) in [6.07, 6.45) is 7.50. The Hall–Kier alpha value is -1.88. The fourth-order valence-corrected chi connectivity index (χ4v) is 2.77. The van der Waals surface area contributed by atoms with Crippen LogP contribution in [0.15, 0.2) is 48.8 Å². The Morgan fingerprint density at radius 1 is 1.27 bits per heavy atom. The predicted octanol–water partition coefficient (Wildman–Crippen LogP) is 2.85. The van der Waals surface area contributed by atoms with Gasteiger partial charge in [-0.15, -0.1) is 0 Å². The van der Waals surface area contributed by atoms with E-state index in [1.165, 1.54) is 0 Å². The molecule has 4 nitrogen and oxygen atoms in total. The van der Waals surface area contributed by atoms with Crippen molar-refractivity contribution in [2.24, 2.45) is 0 Å². The van der Waals surface area contributed by atoms with Gasteiger partial charge in [0.2, 0.25) is 5.91 Å². The Kier molecular flexibility index (Phi) is 6.40. The number of nitrogens with one attached hydrogen (secondary N) is 1. The van der Waals surface area contributed by atoms with Crippen molar-refractivity contribution in [2.75, 3.05) is 18.6 Å². The minimum atomic E-state index is -0.151. The summed E-state index contributed by atoms with van der Waals surface area (Å²) in [5.41, 5.74) is 1.10. The van der Waals surface area contributed by atoms with Crippen LogP contribution in [-0.4, -0.2) is 34.1 Å². The zero-order valence-electron chi connectivity index (χ0n) is 12.7. The number of carbonyl (C=O) groups excluding carboxylic acids is 1. The molecule has 22 heavy (non-hydrogen) atoms. The normalized spacial score (nSPS) is 12.0. The van der Waals surface area contributed by atoms with Gasteiger partial charge in [-0.2, -0.15) is 11.8 Å². The highest BCUT2D eigenvalue weighted by Crippen LogP contribution is 2.15. The van der Waals surface area contributed by atoms with E-state index in [9.17, 15) is 9.90 Å². The first-order valence-electron chi connectivity index (χ1n) is 7.37. The summed E-state index contributed by atoms with van der Waals surface area (Å²) in [5, 5.41) is 12.3. The molecule has 0 aliphatic heterocycles. The van der Waals surface area contributed by atoms with Crippen molar-refractivity contribution in [3.63, 3.8) is 0 Å². The molecule has 0 spiro atoms. The van der Waals surface area contributed by atoms with Crippen LogP contribution in [0.3, 0.4) is 0 Å². The largest absolute Gasteiger partial charge is 0.508 e. The number of thioether (sulfide) groups is 1. The van der Waals surface area contributed by atoms with Gasteiger partial charge in [0.15, 0.2) is 0 Å². The number of carbonyl (C=O) groups is 1.